The van der Waals surface area contributed by atoms with Crippen LogP contribution in [0.4, 0.5) is 0 Å². The third-order valence-corrected chi connectivity index (χ3v) is 4.46. The fourth-order valence-corrected chi connectivity index (χ4v) is 3.17. The molecule has 2 rings (SSSR count). The van der Waals surface area contributed by atoms with Crippen molar-refractivity contribution in [2.45, 2.75) is 33.1 Å². The second-order valence-corrected chi connectivity index (χ2v) is 6.18. The largest absolute Gasteiger partial charge is 0.339 e. The van der Waals surface area contributed by atoms with Crippen LogP contribution in [0.1, 0.15) is 33.1 Å². The van der Waals surface area contributed by atoms with Gasteiger partial charge in [0.1, 0.15) is 0 Å². The van der Waals surface area contributed by atoms with E-state index in [-0.39, 0.29) is 11.8 Å². The Morgan fingerprint density at radius 2 is 1.70 bits per heavy atom. The summed E-state index contributed by atoms with van der Waals surface area (Å²) >= 11 is 0. The van der Waals surface area contributed by atoms with Crippen molar-refractivity contribution < 1.29 is 9.59 Å². The molecule has 0 radical (unpaired) electrons. The number of hydrogen-bond donors (Lipinski definition) is 0. The van der Waals surface area contributed by atoms with Gasteiger partial charge in [-0.05, 0) is 25.3 Å². The second kappa shape index (κ2) is 7.07. The minimum absolute atomic E-state index is 0.111. The zero-order valence-corrected chi connectivity index (χ0v) is 12.8. The van der Waals surface area contributed by atoms with Crippen LogP contribution in [0.2, 0.25) is 0 Å². The van der Waals surface area contributed by atoms with Crippen molar-refractivity contribution in [3.8, 4) is 0 Å². The smallest absolute Gasteiger partial charge is 0.223 e. The molecule has 2 fully saturated rings. The van der Waals surface area contributed by atoms with Crippen LogP contribution in [-0.2, 0) is 9.59 Å². The molecule has 0 aliphatic carbocycles. The number of piperazine rings is 1. The van der Waals surface area contributed by atoms with E-state index >= 15 is 0 Å². The molecule has 1 atom stereocenters. The van der Waals surface area contributed by atoms with Crippen molar-refractivity contribution in [2.75, 3.05) is 45.8 Å². The van der Waals surface area contributed by atoms with Gasteiger partial charge in [0.25, 0.3) is 0 Å². The maximum Gasteiger partial charge on any atom is 0.223 e. The molecular weight excluding hydrogens is 254 g/mol. The molecule has 0 unspecified atom stereocenters. The summed E-state index contributed by atoms with van der Waals surface area (Å²) in [4.78, 5) is 29.6. The predicted molar refractivity (Wildman–Crippen MR) is 78.3 cm³/mol. The lowest BCUT2D eigenvalue weighted by atomic mass is 10.0. The number of carbonyl (C=O) groups is 2. The second-order valence-electron chi connectivity index (χ2n) is 6.18. The van der Waals surface area contributed by atoms with Crippen molar-refractivity contribution in [3.63, 3.8) is 0 Å². The zero-order valence-electron chi connectivity index (χ0n) is 12.8. The van der Waals surface area contributed by atoms with Gasteiger partial charge in [-0.25, -0.2) is 0 Å². The van der Waals surface area contributed by atoms with Crippen LogP contribution in [0.25, 0.3) is 0 Å². The lowest BCUT2D eigenvalue weighted by Crippen LogP contribution is -2.50. The van der Waals surface area contributed by atoms with Crippen LogP contribution in [0.3, 0.4) is 0 Å². The van der Waals surface area contributed by atoms with Crippen molar-refractivity contribution in [1.29, 1.82) is 0 Å². The topological polar surface area (TPSA) is 43.9 Å². The van der Waals surface area contributed by atoms with Gasteiger partial charge in [0.2, 0.25) is 11.8 Å². The third kappa shape index (κ3) is 4.20. The van der Waals surface area contributed by atoms with E-state index < -0.39 is 0 Å². The zero-order chi connectivity index (χ0) is 14.5. The van der Waals surface area contributed by atoms with Gasteiger partial charge in [-0.2, -0.15) is 0 Å². The molecule has 0 aromatic carbocycles. The van der Waals surface area contributed by atoms with Gasteiger partial charge in [-0.3, -0.25) is 9.59 Å². The quantitative estimate of drug-likeness (QED) is 0.768. The molecular formula is C15H27N3O2. The summed E-state index contributed by atoms with van der Waals surface area (Å²) in [5.41, 5.74) is 0. The number of carbonyl (C=O) groups excluding carboxylic acids is 2. The summed E-state index contributed by atoms with van der Waals surface area (Å²) in [5.74, 6) is 1.11. The van der Waals surface area contributed by atoms with Crippen molar-refractivity contribution in [3.05, 3.63) is 0 Å². The average Bonchev–Trinajstić information content (AvgIpc) is 2.45. The van der Waals surface area contributed by atoms with E-state index in [1.165, 1.54) is 12.8 Å². The van der Waals surface area contributed by atoms with Crippen LogP contribution >= 0.6 is 0 Å². The van der Waals surface area contributed by atoms with E-state index in [0.717, 1.165) is 25.6 Å². The Balaban J connectivity index is 1.69. The van der Waals surface area contributed by atoms with E-state index in [4.69, 9.17) is 0 Å². The first-order valence-corrected chi connectivity index (χ1v) is 7.82. The molecule has 2 aliphatic heterocycles. The fraction of sp³-hybridized carbons (Fsp3) is 0.867. The van der Waals surface area contributed by atoms with Gasteiger partial charge in [0.15, 0.2) is 0 Å². The fourth-order valence-electron chi connectivity index (χ4n) is 3.17. The Hall–Kier alpha value is -1.10. The molecule has 0 spiro atoms. The lowest BCUT2D eigenvalue weighted by molar-refractivity contribution is -0.138. The standard InChI is InChI=1S/C15H27N3O2/c1-13-4-3-6-16(12-13)7-5-15(20)18-10-8-17(9-11-18)14(2)19/h13H,3-12H2,1-2H3/t13-/m1/s1. The normalized spacial score (nSPS) is 24.8. The predicted octanol–water partition coefficient (Wildman–Crippen LogP) is 0.799. The Morgan fingerprint density at radius 3 is 2.30 bits per heavy atom. The summed E-state index contributed by atoms with van der Waals surface area (Å²) in [7, 11) is 0. The summed E-state index contributed by atoms with van der Waals surface area (Å²) in [6, 6.07) is 0. The SMILES string of the molecule is CC(=O)N1CCN(C(=O)CCN2CCC[C@@H](C)C2)CC1. The molecule has 0 bridgehead atoms. The number of nitrogens with zero attached hydrogens (tertiary/aromatic N) is 3. The van der Waals surface area contributed by atoms with E-state index in [9.17, 15) is 9.59 Å². The Morgan fingerprint density at radius 1 is 1.05 bits per heavy atom. The first kappa shape index (κ1) is 15.3. The molecule has 20 heavy (non-hydrogen) atoms. The number of amides is 2. The minimum atomic E-state index is 0.111. The number of likely N-dealkylation sites (tertiary alicyclic amines) is 1. The van der Waals surface area contributed by atoms with Crippen molar-refractivity contribution >= 4 is 11.8 Å². The van der Waals surface area contributed by atoms with Gasteiger partial charge < -0.3 is 14.7 Å². The van der Waals surface area contributed by atoms with E-state index in [1.807, 2.05) is 9.80 Å². The van der Waals surface area contributed by atoms with Gasteiger partial charge in [0, 0.05) is 52.6 Å². The van der Waals surface area contributed by atoms with E-state index in [1.54, 1.807) is 6.92 Å². The molecule has 2 amide bonds. The molecule has 2 aliphatic rings. The summed E-state index contributed by atoms with van der Waals surface area (Å²) in [5, 5.41) is 0. The van der Waals surface area contributed by atoms with E-state index in [2.05, 4.69) is 11.8 Å². The first-order chi connectivity index (χ1) is 9.56. The summed E-state index contributed by atoms with van der Waals surface area (Å²) in [6.07, 6.45) is 3.19. The van der Waals surface area contributed by atoms with Crippen LogP contribution < -0.4 is 0 Å². The Labute approximate surface area is 121 Å². The summed E-state index contributed by atoms with van der Waals surface area (Å²) in [6.45, 7) is 9.77. The summed E-state index contributed by atoms with van der Waals surface area (Å²) < 4.78 is 0. The minimum Gasteiger partial charge on any atom is -0.339 e. The highest BCUT2D eigenvalue weighted by Crippen LogP contribution is 2.15. The number of rotatable bonds is 3. The molecule has 0 N–H and O–H groups in total. The van der Waals surface area contributed by atoms with Gasteiger partial charge >= 0.3 is 0 Å². The van der Waals surface area contributed by atoms with Crippen LogP contribution in [-0.4, -0.2) is 72.3 Å². The van der Waals surface area contributed by atoms with E-state index in [0.29, 0.717) is 32.6 Å². The van der Waals surface area contributed by atoms with Gasteiger partial charge in [-0.1, -0.05) is 6.92 Å². The molecule has 0 aromatic heterocycles. The Bertz CT molecular complexity index is 351. The average molecular weight is 281 g/mol. The van der Waals surface area contributed by atoms with Crippen LogP contribution in [0.15, 0.2) is 0 Å². The Kier molecular flexibility index (Phi) is 5.40. The molecule has 5 nitrogen and oxygen atoms in total. The first-order valence-electron chi connectivity index (χ1n) is 7.82. The molecule has 114 valence electrons. The van der Waals surface area contributed by atoms with Crippen molar-refractivity contribution in [1.82, 2.24) is 14.7 Å². The molecule has 2 heterocycles. The highest BCUT2D eigenvalue weighted by Gasteiger charge is 2.23. The third-order valence-electron chi connectivity index (χ3n) is 4.46. The monoisotopic (exact) mass is 281 g/mol. The maximum absolute atomic E-state index is 12.2. The molecule has 5 heteroatoms. The van der Waals surface area contributed by atoms with Gasteiger partial charge in [0.05, 0.1) is 0 Å². The molecule has 2 saturated heterocycles. The highest BCUT2D eigenvalue weighted by molar-refractivity contribution is 5.77. The van der Waals surface area contributed by atoms with Gasteiger partial charge in [-0.15, -0.1) is 0 Å². The number of piperidine rings is 1. The number of hydrogen-bond acceptors (Lipinski definition) is 3. The molecule has 0 saturated carbocycles. The molecule has 0 aromatic rings. The highest BCUT2D eigenvalue weighted by atomic mass is 16.2. The van der Waals surface area contributed by atoms with Crippen molar-refractivity contribution in [2.24, 2.45) is 5.92 Å². The maximum atomic E-state index is 12.2. The lowest BCUT2D eigenvalue weighted by Gasteiger charge is -2.35. The van der Waals surface area contributed by atoms with Crippen LogP contribution in [0.5, 0.6) is 0 Å². The van der Waals surface area contributed by atoms with Crippen LogP contribution in [0, 0.1) is 5.92 Å².